The largest absolute Gasteiger partial charge is 0.475 e. The third-order valence-corrected chi connectivity index (χ3v) is 2.47. The molecule has 1 heterocycles. The van der Waals surface area contributed by atoms with Gasteiger partial charge in [-0.3, -0.25) is 10.1 Å². The van der Waals surface area contributed by atoms with Crippen molar-refractivity contribution in [2.24, 2.45) is 0 Å². The fourth-order valence-electron chi connectivity index (χ4n) is 1.55. The van der Waals surface area contributed by atoms with Gasteiger partial charge in [-0.1, -0.05) is 17.3 Å². The highest BCUT2D eigenvalue weighted by Crippen LogP contribution is 2.25. The number of carbonyl (C=O) groups is 1. The first-order chi connectivity index (χ1) is 10.1. The Bertz CT molecular complexity index is 652. The fraction of sp³-hybridized carbons (Fsp3) is 0.231. The molecule has 0 fully saturated rings. The zero-order valence-electron chi connectivity index (χ0n) is 11.1. The van der Waals surface area contributed by atoms with Gasteiger partial charge in [-0.2, -0.15) is 0 Å². The van der Waals surface area contributed by atoms with Crippen molar-refractivity contribution in [3.05, 3.63) is 51.9 Å². The molecule has 0 aliphatic carbocycles. The van der Waals surface area contributed by atoms with Crippen LogP contribution in [0, 0.1) is 17.0 Å². The molecule has 1 aromatic carbocycles. The number of hydrogen-bond donors (Lipinski definition) is 0. The van der Waals surface area contributed by atoms with Crippen LogP contribution in [0.25, 0.3) is 0 Å². The van der Waals surface area contributed by atoms with Gasteiger partial charge in [0, 0.05) is 12.1 Å². The van der Waals surface area contributed by atoms with E-state index < -0.39 is 17.5 Å². The summed E-state index contributed by atoms with van der Waals surface area (Å²) in [6, 6.07) is 7.42. The fourth-order valence-corrected chi connectivity index (χ4v) is 1.55. The minimum absolute atomic E-state index is 0.0109. The van der Waals surface area contributed by atoms with E-state index in [1.807, 2.05) is 0 Å². The van der Waals surface area contributed by atoms with Gasteiger partial charge in [-0.25, -0.2) is 4.79 Å². The summed E-state index contributed by atoms with van der Waals surface area (Å²) in [5.74, 6) is -0.0391. The Kier molecular flexibility index (Phi) is 4.50. The summed E-state index contributed by atoms with van der Waals surface area (Å²) in [4.78, 5) is 21.7. The molecule has 0 saturated carbocycles. The topological polar surface area (TPSA) is 105 Å². The summed E-state index contributed by atoms with van der Waals surface area (Å²) < 4.78 is 14.8. The molecule has 0 saturated heterocycles. The quantitative estimate of drug-likeness (QED) is 0.455. The maximum atomic E-state index is 11.5. The number of nitro benzene ring substituents is 1. The van der Waals surface area contributed by atoms with Crippen LogP contribution in [0.3, 0.4) is 0 Å². The van der Waals surface area contributed by atoms with Crippen molar-refractivity contribution in [2.45, 2.75) is 13.5 Å². The number of hydrogen-bond acceptors (Lipinski definition) is 7. The summed E-state index contributed by atoms with van der Waals surface area (Å²) >= 11 is 0. The summed E-state index contributed by atoms with van der Waals surface area (Å²) in [6.07, 6.45) is 0. The Labute approximate surface area is 119 Å². The molecular weight excluding hydrogens is 280 g/mol. The van der Waals surface area contributed by atoms with E-state index in [0.717, 1.165) is 0 Å². The molecule has 1 aromatic heterocycles. The lowest BCUT2D eigenvalue weighted by molar-refractivity contribution is -0.385. The van der Waals surface area contributed by atoms with Gasteiger partial charge in [0.1, 0.15) is 18.1 Å². The third-order valence-electron chi connectivity index (χ3n) is 2.47. The molecule has 0 spiro atoms. The highest BCUT2D eigenvalue weighted by molar-refractivity contribution is 5.71. The monoisotopic (exact) mass is 292 g/mol. The minimum Gasteiger partial charge on any atom is -0.475 e. The van der Waals surface area contributed by atoms with Gasteiger partial charge in [0.15, 0.2) is 12.4 Å². The normalized spacial score (nSPS) is 10.1. The minimum atomic E-state index is -0.659. The summed E-state index contributed by atoms with van der Waals surface area (Å²) in [5.41, 5.74) is 0.268. The molecule has 0 unspecified atom stereocenters. The predicted octanol–water partition coefficient (Wildman–Crippen LogP) is 2.01. The Morgan fingerprint density at radius 2 is 2.19 bits per heavy atom. The number of nitrogens with zero attached hydrogens (tertiary/aromatic N) is 2. The second kappa shape index (κ2) is 6.51. The van der Waals surface area contributed by atoms with Crippen molar-refractivity contribution in [3.8, 4) is 5.75 Å². The first-order valence-electron chi connectivity index (χ1n) is 6.00. The lowest BCUT2D eigenvalue weighted by atomic mass is 10.3. The van der Waals surface area contributed by atoms with Crippen molar-refractivity contribution < 1.29 is 23.7 Å². The van der Waals surface area contributed by atoms with Crippen LogP contribution in [-0.2, 0) is 16.1 Å². The highest BCUT2D eigenvalue weighted by atomic mass is 16.6. The summed E-state index contributed by atoms with van der Waals surface area (Å²) in [7, 11) is 0. The second-order valence-electron chi connectivity index (χ2n) is 4.10. The van der Waals surface area contributed by atoms with Crippen molar-refractivity contribution in [2.75, 3.05) is 6.61 Å². The average molecular weight is 292 g/mol. The Morgan fingerprint density at radius 1 is 1.43 bits per heavy atom. The number of para-hydroxylation sites is 2. The lowest BCUT2D eigenvalue weighted by Crippen LogP contribution is -2.15. The molecule has 0 aliphatic heterocycles. The lowest BCUT2D eigenvalue weighted by Gasteiger charge is -2.06. The maximum absolute atomic E-state index is 11.5. The Balaban J connectivity index is 1.85. The molecule has 8 heteroatoms. The molecule has 0 amide bonds. The number of carbonyl (C=O) groups excluding carboxylic acids is 1. The molecule has 2 aromatic rings. The maximum Gasteiger partial charge on any atom is 0.344 e. The van der Waals surface area contributed by atoms with Crippen LogP contribution in [0.1, 0.15) is 11.5 Å². The first-order valence-corrected chi connectivity index (χ1v) is 6.00. The van der Waals surface area contributed by atoms with Crippen LogP contribution in [-0.4, -0.2) is 22.7 Å². The number of ether oxygens (including phenoxy) is 2. The van der Waals surface area contributed by atoms with E-state index in [2.05, 4.69) is 5.16 Å². The average Bonchev–Trinajstić information content (AvgIpc) is 2.88. The molecule has 0 bridgehead atoms. The number of benzene rings is 1. The van der Waals surface area contributed by atoms with E-state index in [4.69, 9.17) is 14.0 Å². The zero-order chi connectivity index (χ0) is 15.2. The van der Waals surface area contributed by atoms with E-state index in [0.29, 0.717) is 11.5 Å². The van der Waals surface area contributed by atoms with Crippen LogP contribution >= 0.6 is 0 Å². The number of aromatic nitrogens is 1. The molecule has 0 N–H and O–H groups in total. The van der Waals surface area contributed by atoms with Gasteiger partial charge in [-0.05, 0) is 13.0 Å². The van der Waals surface area contributed by atoms with Crippen molar-refractivity contribution in [1.82, 2.24) is 5.16 Å². The van der Waals surface area contributed by atoms with E-state index in [-0.39, 0.29) is 18.0 Å². The number of esters is 1. The Morgan fingerprint density at radius 3 is 2.86 bits per heavy atom. The number of rotatable bonds is 6. The van der Waals surface area contributed by atoms with Crippen LogP contribution in [0.5, 0.6) is 5.75 Å². The molecule has 21 heavy (non-hydrogen) atoms. The molecule has 0 atom stereocenters. The van der Waals surface area contributed by atoms with Gasteiger partial charge in [0.25, 0.3) is 0 Å². The smallest absolute Gasteiger partial charge is 0.344 e. The van der Waals surface area contributed by atoms with Crippen molar-refractivity contribution >= 4 is 11.7 Å². The summed E-state index contributed by atoms with van der Waals surface area (Å²) in [5, 5.41) is 14.4. The molecular formula is C13H12N2O6. The SMILES string of the molecule is Cc1cc(COC(=O)COc2ccccc2[N+](=O)[O-])no1. The number of nitro groups is 1. The summed E-state index contributed by atoms with van der Waals surface area (Å²) in [6.45, 7) is 1.24. The van der Waals surface area contributed by atoms with E-state index >= 15 is 0 Å². The zero-order valence-corrected chi connectivity index (χ0v) is 11.1. The Hall–Kier alpha value is -2.90. The van der Waals surface area contributed by atoms with Crippen LogP contribution < -0.4 is 4.74 Å². The van der Waals surface area contributed by atoms with E-state index in [1.54, 1.807) is 19.1 Å². The third kappa shape index (κ3) is 4.03. The van der Waals surface area contributed by atoms with Gasteiger partial charge in [0.05, 0.1) is 4.92 Å². The molecule has 0 radical (unpaired) electrons. The van der Waals surface area contributed by atoms with Gasteiger partial charge >= 0.3 is 11.7 Å². The second-order valence-corrected chi connectivity index (χ2v) is 4.10. The van der Waals surface area contributed by atoms with Gasteiger partial charge in [0.2, 0.25) is 0 Å². The molecule has 0 aliphatic rings. The van der Waals surface area contributed by atoms with Crippen LogP contribution in [0.2, 0.25) is 0 Å². The first kappa shape index (κ1) is 14.5. The molecule has 110 valence electrons. The van der Waals surface area contributed by atoms with E-state index in [1.165, 1.54) is 18.2 Å². The molecule has 8 nitrogen and oxygen atoms in total. The van der Waals surface area contributed by atoms with E-state index in [9.17, 15) is 14.9 Å². The van der Waals surface area contributed by atoms with Gasteiger partial charge < -0.3 is 14.0 Å². The van der Waals surface area contributed by atoms with Crippen LogP contribution in [0.15, 0.2) is 34.9 Å². The van der Waals surface area contributed by atoms with Crippen LogP contribution in [0.4, 0.5) is 5.69 Å². The predicted molar refractivity (Wildman–Crippen MR) is 69.6 cm³/mol. The van der Waals surface area contributed by atoms with Crippen molar-refractivity contribution in [3.63, 3.8) is 0 Å². The number of aryl methyl sites for hydroxylation is 1. The van der Waals surface area contributed by atoms with Crippen molar-refractivity contribution in [1.29, 1.82) is 0 Å². The molecule has 2 rings (SSSR count). The van der Waals surface area contributed by atoms with Gasteiger partial charge in [-0.15, -0.1) is 0 Å². The standard InChI is InChI=1S/C13H12N2O6/c1-9-6-10(14-21-9)7-20-13(16)8-19-12-5-3-2-4-11(12)15(17)18/h2-6H,7-8H2,1H3. The highest BCUT2D eigenvalue weighted by Gasteiger charge is 2.15.